The van der Waals surface area contributed by atoms with Crippen LogP contribution in [0, 0.1) is 0 Å². The molecule has 3 nitrogen and oxygen atoms in total. The van der Waals surface area contributed by atoms with E-state index in [1.54, 1.807) is 6.07 Å². The van der Waals surface area contributed by atoms with Gasteiger partial charge in [-0.1, -0.05) is 0 Å². The summed E-state index contributed by atoms with van der Waals surface area (Å²) in [6.45, 7) is 1.44. The number of anilines is 1. The van der Waals surface area contributed by atoms with E-state index in [-0.39, 0.29) is 0 Å². The average molecular weight is 257 g/mol. The monoisotopic (exact) mass is 257 g/mol. The van der Waals surface area contributed by atoms with Crippen LogP contribution in [0.3, 0.4) is 0 Å². The van der Waals surface area contributed by atoms with Crippen LogP contribution < -0.4 is 14.4 Å². The molecule has 1 aliphatic heterocycles. The van der Waals surface area contributed by atoms with Crippen LogP contribution in [0.2, 0.25) is 0 Å². The Morgan fingerprint density at radius 1 is 1.22 bits per heavy atom. The second kappa shape index (κ2) is 5.89. The molecule has 0 amide bonds. The maximum absolute atomic E-state index is 12.1. The fraction of sp³-hybridized carbons (Fsp3) is 0.538. The number of rotatable bonds is 5. The van der Waals surface area contributed by atoms with Crippen molar-refractivity contribution in [1.29, 1.82) is 0 Å². The molecule has 0 spiro atoms. The van der Waals surface area contributed by atoms with Crippen LogP contribution in [0.4, 0.5) is 14.5 Å². The first kappa shape index (κ1) is 12.9. The quantitative estimate of drug-likeness (QED) is 0.809. The summed E-state index contributed by atoms with van der Waals surface area (Å²) < 4.78 is 34.4. The molecule has 2 rings (SSSR count). The van der Waals surface area contributed by atoms with Crippen LogP contribution in [-0.4, -0.2) is 33.2 Å². The fourth-order valence-electron chi connectivity index (χ4n) is 2.10. The summed E-state index contributed by atoms with van der Waals surface area (Å²) in [7, 11) is 1.51. The lowest BCUT2D eigenvalue weighted by Gasteiger charge is -2.19. The number of hydrogen-bond donors (Lipinski definition) is 0. The second-order valence-electron chi connectivity index (χ2n) is 4.23. The number of methoxy groups -OCH3 is 1. The van der Waals surface area contributed by atoms with Crippen molar-refractivity contribution >= 4 is 5.69 Å². The zero-order valence-electron chi connectivity index (χ0n) is 10.4. The number of nitrogens with zero attached hydrogens (tertiary/aromatic N) is 1. The van der Waals surface area contributed by atoms with Gasteiger partial charge in [-0.3, -0.25) is 0 Å². The third-order valence-electron chi connectivity index (χ3n) is 2.98. The zero-order valence-corrected chi connectivity index (χ0v) is 10.4. The second-order valence-corrected chi connectivity index (χ2v) is 4.23. The van der Waals surface area contributed by atoms with Crippen LogP contribution in [-0.2, 0) is 0 Å². The van der Waals surface area contributed by atoms with Gasteiger partial charge in [0.25, 0.3) is 6.43 Å². The summed E-state index contributed by atoms with van der Waals surface area (Å²) >= 11 is 0. The maximum Gasteiger partial charge on any atom is 0.272 e. The van der Waals surface area contributed by atoms with Gasteiger partial charge in [0.15, 0.2) is 11.5 Å². The van der Waals surface area contributed by atoms with E-state index >= 15 is 0 Å². The summed E-state index contributed by atoms with van der Waals surface area (Å²) in [5.74, 6) is 0.862. The number of halogens is 2. The van der Waals surface area contributed by atoms with Gasteiger partial charge in [-0.25, -0.2) is 8.78 Å². The third kappa shape index (κ3) is 3.03. The van der Waals surface area contributed by atoms with Gasteiger partial charge < -0.3 is 14.4 Å². The molecule has 0 aromatic heterocycles. The molecule has 0 radical (unpaired) electrons. The van der Waals surface area contributed by atoms with Gasteiger partial charge in [0.1, 0.15) is 6.61 Å². The van der Waals surface area contributed by atoms with Crippen LogP contribution in [0.5, 0.6) is 11.5 Å². The molecule has 1 fully saturated rings. The predicted octanol–water partition coefficient (Wildman–Crippen LogP) is 2.94. The van der Waals surface area contributed by atoms with E-state index in [1.165, 1.54) is 20.0 Å². The summed E-state index contributed by atoms with van der Waals surface area (Å²) in [6, 6.07) is 5.41. The van der Waals surface area contributed by atoms with E-state index in [1.807, 2.05) is 12.1 Å². The standard InChI is InChI=1S/C13H17F2NO2/c1-17-12-8-10(16-6-2-3-7-16)4-5-11(12)18-9-13(14)15/h4-5,8,13H,2-3,6-7,9H2,1H3. The van der Waals surface area contributed by atoms with Crippen molar-refractivity contribution < 1.29 is 18.3 Å². The molecule has 1 aliphatic rings. The highest BCUT2D eigenvalue weighted by Crippen LogP contribution is 2.33. The molecular formula is C13H17F2NO2. The van der Waals surface area contributed by atoms with Crippen molar-refractivity contribution in [3.05, 3.63) is 18.2 Å². The third-order valence-corrected chi connectivity index (χ3v) is 2.98. The Labute approximate surface area is 105 Å². The van der Waals surface area contributed by atoms with Gasteiger partial charge in [-0.05, 0) is 25.0 Å². The predicted molar refractivity (Wildman–Crippen MR) is 65.9 cm³/mol. The number of benzene rings is 1. The van der Waals surface area contributed by atoms with E-state index < -0.39 is 13.0 Å². The first-order valence-corrected chi connectivity index (χ1v) is 6.04. The summed E-state index contributed by atoms with van der Waals surface area (Å²) in [5, 5.41) is 0. The van der Waals surface area contributed by atoms with E-state index in [0.717, 1.165) is 18.8 Å². The van der Waals surface area contributed by atoms with Crippen LogP contribution >= 0.6 is 0 Å². The molecule has 18 heavy (non-hydrogen) atoms. The minimum Gasteiger partial charge on any atom is -0.493 e. The van der Waals surface area contributed by atoms with Crippen LogP contribution in [0.25, 0.3) is 0 Å². The molecule has 1 aromatic carbocycles. The zero-order chi connectivity index (χ0) is 13.0. The van der Waals surface area contributed by atoms with Crippen molar-refractivity contribution in [3.8, 4) is 11.5 Å². The molecule has 1 heterocycles. The Hall–Kier alpha value is -1.52. The van der Waals surface area contributed by atoms with E-state index in [9.17, 15) is 8.78 Å². The number of hydrogen-bond acceptors (Lipinski definition) is 3. The van der Waals surface area contributed by atoms with E-state index in [2.05, 4.69) is 4.90 Å². The first-order chi connectivity index (χ1) is 8.70. The normalized spacial score (nSPS) is 15.2. The lowest BCUT2D eigenvalue weighted by molar-refractivity contribution is 0.0804. The molecule has 0 unspecified atom stereocenters. The highest BCUT2D eigenvalue weighted by atomic mass is 19.3. The van der Waals surface area contributed by atoms with Crippen LogP contribution in [0.15, 0.2) is 18.2 Å². The molecule has 0 saturated carbocycles. The van der Waals surface area contributed by atoms with Gasteiger partial charge in [-0.2, -0.15) is 0 Å². The molecule has 1 saturated heterocycles. The van der Waals surface area contributed by atoms with Gasteiger partial charge in [0, 0.05) is 24.8 Å². The van der Waals surface area contributed by atoms with Crippen molar-refractivity contribution in [3.63, 3.8) is 0 Å². The van der Waals surface area contributed by atoms with Crippen LogP contribution in [0.1, 0.15) is 12.8 Å². The molecular weight excluding hydrogens is 240 g/mol. The molecule has 0 bridgehead atoms. The van der Waals surface area contributed by atoms with Crippen molar-refractivity contribution in [2.24, 2.45) is 0 Å². The van der Waals surface area contributed by atoms with Gasteiger partial charge in [0.05, 0.1) is 7.11 Å². The molecule has 0 N–H and O–H groups in total. The van der Waals surface area contributed by atoms with Gasteiger partial charge in [0.2, 0.25) is 0 Å². The number of alkyl halides is 2. The molecule has 0 atom stereocenters. The first-order valence-electron chi connectivity index (χ1n) is 6.04. The van der Waals surface area contributed by atoms with Crippen molar-refractivity contribution in [1.82, 2.24) is 0 Å². The summed E-state index contributed by atoms with van der Waals surface area (Å²) in [4.78, 5) is 2.25. The van der Waals surface area contributed by atoms with Crippen molar-refractivity contribution in [2.75, 3.05) is 31.7 Å². The average Bonchev–Trinajstić information content (AvgIpc) is 2.90. The summed E-state index contributed by atoms with van der Waals surface area (Å²) in [6.07, 6.45) is -0.106. The van der Waals surface area contributed by atoms with Crippen molar-refractivity contribution in [2.45, 2.75) is 19.3 Å². The highest BCUT2D eigenvalue weighted by Gasteiger charge is 2.15. The topological polar surface area (TPSA) is 21.7 Å². The minimum atomic E-state index is -2.48. The Kier molecular flexibility index (Phi) is 4.23. The molecule has 100 valence electrons. The molecule has 1 aromatic rings. The Morgan fingerprint density at radius 2 is 1.94 bits per heavy atom. The highest BCUT2D eigenvalue weighted by molar-refractivity contribution is 5.56. The molecule has 0 aliphatic carbocycles. The molecule has 5 heteroatoms. The Morgan fingerprint density at radius 3 is 2.56 bits per heavy atom. The lowest BCUT2D eigenvalue weighted by Crippen LogP contribution is -2.17. The SMILES string of the molecule is COc1cc(N2CCCC2)ccc1OCC(F)F. The van der Waals surface area contributed by atoms with Gasteiger partial charge >= 0.3 is 0 Å². The lowest BCUT2D eigenvalue weighted by atomic mass is 10.2. The van der Waals surface area contributed by atoms with Gasteiger partial charge in [-0.15, -0.1) is 0 Å². The smallest absolute Gasteiger partial charge is 0.272 e. The number of ether oxygens (including phenoxy) is 2. The largest absolute Gasteiger partial charge is 0.493 e. The van der Waals surface area contributed by atoms with E-state index in [4.69, 9.17) is 9.47 Å². The maximum atomic E-state index is 12.1. The minimum absolute atomic E-state index is 0.362. The fourth-order valence-corrected chi connectivity index (χ4v) is 2.10. The summed E-state index contributed by atoms with van der Waals surface area (Å²) in [5.41, 5.74) is 1.05. The Bertz CT molecular complexity index is 393. The van der Waals surface area contributed by atoms with E-state index in [0.29, 0.717) is 11.5 Å². The Balaban J connectivity index is 2.11.